The highest BCUT2D eigenvalue weighted by atomic mass is 15.5. The van der Waals surface area contributed by atoms with Gasteiger partial charge in [-0.25, -0.2) is 0 Å². The average Bonchev–Trinajstić information content (AvgIpc) is 3.30. The lowest BCUT2D eigenvalue weighted by Gasteiger charge is -2.23. The zero-order valence-electron chi connectivity index (χ0n) is 17.2. The second kappa shape index (κ2) is 8.80. The molecule has 1 aliphatic heterocycles. The van der Waals surface area contributed by atoms with Gasteiger partial charge in [0.05, 0.1) is 23.1 Å². The molecule has 4 aromatic carbocycles. The molecular formula is C28H23N3. The number of hydrazone groups is 1. The summed E-state index contributed by atoms with van der Waals surface area (Å²) in [6, 6.07) is 39.6. The van der Waals surface area contributed by atoms with Gasteiger partial charge in [-0.3, -0.25) is 10.0 Å². The standard InChI is InChI=1S/C28H23N3/c1-4-11-22(12-5-1)21-29-25-16-10-15-24(19-25)27-20-28(23-13-6-2-7-14-23)31(30-27)26-17-8-3-9-18-26/h1-19,21,28H,20H2. The Labute approximate surface area is 183 Å². The highest BCUT2D eigenvalue weighted by Gasteiger charge is 2.29. The van der Waals surface area contributed by atoms with Crippen molar-refractivity contribution >= 4 is 23.3 Å². The van der Waals surface area contributed by atoms with Crippen LogP contribution >= 0.6 is 0 Å². The fourth-order valence-corrected chi connectivity index (χ4v) is 3.89. The summed E-state index contributed by atoms with van der Waals surface area (Å²) in [4.78, 5) is 4.67. The van der Waals surface area contributed by atoms with Crippen LogP contribution in [0.25, 0.3) is 0 Å². The highest BCUT2D eigenvalue weighted by Crippen LogP contribution is 2.36. The molecule has 5 rings (SSSR count). The van der Waals surface area contributed by atoms with Gasteiger partial charge in [-0.2, -0.15) is 5.10 Å². The topological polar surface area (TPSA) is 28.0 Å². The maximum Gasteiger partial charge on any atom is 0.0831 e. The maximum absolute atomic E-state index is 5.04. The molecule has 0 amide bonds. The van der Waals surface area contributed by atoms with Gasteiger partial charge in [0.25, 0.3) is 0 Å². The zero-order chi connectivity index (χ0) is 20.9. The summed E-state index contributed by atoms with van der Waals surface area (Å²) < 4.78 is 0. The fourth-order valence-electron chi connectivity index (χ4n) is 3.89. The predicted octanol–water partition coefficient (Wildman–Crippen LogP) is 6.79. The van der Waals surface area contributed by atoms with E-state index in [-0.39, 0.29) is 6.04 Å². The molecule has 0 saturated heterocycles. The minimum absolute atomic E-state index is 0.176. The monoisotopic (exact) mass is 401 g/mol. The van der Waals surface area contributed by atoms with Gasteiger partial charge < -0.3 is 0 Å². The number of aliphatic imine (C=N–C) groups is 1. The molecule has 0 spiro atoms. The van der Waals surface area contributed by atoms with Crippen molar-refractivity contribution in [3.63, 3.8) is 0 Å². The third-order valence-electron chi connectivity index (χ3n) is 5.46. The summed E-state index contributed by atoms with van der Waals surface area (Å²) in [6.45, 7) is 0. The van der Waals surface area contributed by atoms with E-state index in [1.807, 2.05) is 36.5 Å². The molecule has 0 N–H and O–H groups in total. The zero-order valence-corrected chi connectivity index (χ0v) is 17.2. The first kappa shape index (κ1) is 19.0. The summed E-state index contributed by atoms with van der Waals surface area (Å²) in [5, 5.41) is 7.19. The first-order chi connectivity index (χ1) is 15.4. The van der Waals surface area contributed by atoms with Gasteiger partial charge in [0, 0.05) is 12.6 Å². The Morgan fingerprint density at radius 1 is 0.742 bits per heavy atom. The van der Waals surface area contributed by atoms with Gasteiger partial charge in [-0.05, 0) is 41.0 Å². The molecule has 150 valence electrons. The lowest BCUT2D eigenvalue weighted by atomic mass is 9.98. The fraction of sp³-hybridized carbons (Fsp3) is 0.0714. The number of nitrogens with zero attached hydrogens (tertiary/aromatic N) is 3. The first-order valence-corrected chi connectivity index (χ1v) is 10.5. The van der Waals surface area contributed by atoms with E-state index in [0.29, 0.717) is 0 Å². The van der Waals surface area contributed by atoms with Gasteiger partial charge in [0.2, 0.25) is 0 Å². The van der Waals surface area contributed by atoms with Crippen LogP contribution in [0.3, 0.4) is 0 Å². The highest BCUT2D eigenvalue weighted by molar-refractivity contribution is 6.04. The summed E-state index contributed by atoms with van der Waals surface area (Å²) in [5.41, 5.74) is 6.58. The molecule has 3 heteroatoms. The van der Waals surface area contributed by atoms with Crippen molar-refractivity contribution in [3.05, 3.63) is 132 Å². The summed E-state index contributed by atoms with van der Waals surface area (Å²) in [7, 11) is 0. The molecule has 0 saturated carbocycles. The van der Waals surface area contributed by atoms with Gasteiger partial charge in [0.15, 0.2) is 0 Å². The minimum atomic E-state index is 0.176. The Kier molecular flexibility index (Phi) is 5.40. The van der Waals surface area contributed by atoms with Gasteiger partial charge >= 0.3 is 0 Å². The van der Waals surface area contributed by atoms with Crippen molar-refractivity contribution in [2.75, 3.05) is 5.01 Å². The van der Waals surface area contributed by atoms with E-state index in [2.05, 4.69) is 94.9 Å². The maximum atomic E-state index is 5.04. The molecule has 0 radical (unpaired) electrons. The molecule has 1 atom stereocenters. The smallest absolute Gasteiger partial charge is 0.0831 e. The Hall–Kier alpha value is -3.98. The van der Waals surface area contributed by atoms with Gasteiger partial charge in [-0.1, -0.05) is 91.0 Å². The Bertz CT molecular complexity index is 1200. The number of para-hydroxylation sites is 1. The molecule has 1 heterocycles. The van der Waals surface area contributed by atoms with E-state index in [0.717, 1.165) is 34.6 Å². The van der Waals surface area contributed by atoms with Crippen LogP contribution in [0.15, 0.2) is 125 Å². The van der Waals surface area contributed by atoms with E-state index >= 15 is 0 Å². The van der Waals surface area contributed by atoms with E-state index in [1.54, 1.807) is 0 Å². The molecule has 3 nitrogen and oxygen atoms in total. The van der Waals surface area contributed by atoms with Gasteiger partial charge in [0.1, 0.15) is 0 Å². The molecule has 1 aliphatic rings. The van der Waals surface area contributed by atoms with Crippen LogP contribution in [-0.4, -0.2) is 11.9 Å². The lowest BCUT2D eigenvalue weighted by Crippen LogP contribution is -2.18. The molecule has 1 unspecified atom stereocenters. The normalized spacial score (nSPS) is 15.9. The van der Waals surface area contributed by atoms with Crippen LogP contribution in [0.1, 0.15) is 29.2 Å². The predicted molar refractivity (Wildman–Crippen MR) is 129 cm³/mol. The first-order valence-electron chi connectivity index (χ1n) is 10.5. The summed E-state index contributed by atoms with van der Waals surface area (Å²) in [5.74, 6) is 0. The van der Waals surface area contributed by atoms with E-state index in [9.17, 15) is 0 Å². The van der Waals surface area contributed by atoms with Crippen LogP contribution < -0.4 is 5.01 Å². The van der Waals surface area contributed by atoms with Crippen LogP contribution in [0.4, 0.5) is 11.4 Å². The van der Waals surface area contributed by atoms with E-state index < -0.39 is 0 Å². The third-order valence-corrected chi connectivity index (χ3v) is 5.46. The SMILES string of the molecule is C(=Nc1cccc(C2=NN(c3ccccc3)C(c3ccccc3)C2)c1)c1ccccc1. The number of rotatable bonds is 5. The minimum Gasteiger partial charge on any atom is -0.257 e. The summed E-state index contributed by atoms with van der Waals surface area (Å²) >= 11 is 0. The Morgan fingerprint density at radius 3 is 2.16 bits per heavy atom. The number of hydrogen-bond acceptors (Lipinski definition) is 3. The van der Waals surface area contributed by atoms with E-state index in [4.69, 9.17) is 5.10 Å². The second-order valence-corrected chi connectivity index (χ2v) is 7.58. The molecule has 4 aromatic rings. The quantitative estimate of drug-likeness (QED) is 0.338. The summed E-state index contributed by atoms with van der Waals surface area (Å²) in [6.07, 6.45) is 2.75. The van der Waals surface area contributed by atoms with Gasteiger partial charge in [-0.15, -0.1) is 0 Å². The molecule has 0 aliphatic carbocycles. The molecule has 0 fully saturated rings. The average molecular weight is 402 g/mol. The van der Waals surface area contributed by atoms with Crippen molar-refractivity contribution in [2.24, 2.45) is 10.1 Å². The lowest BCUT2D eigenvalue weighted by molar-refractivity contribution is 0.709. The number of hydrogen-bond donors (Lipinski definition) is 0. The Balaban J connectivity index is 1.46. The van der Waals surface area contributed by atoms with Crippen molar-refractivity contribution in [3.8, 4) is 0 Å². The van der Waals surface area contributed by atoms with Crippen LogP contribution in [0.5, 0.6) is 0 Å². The Morgan fingerprint density at radius 2 is 1.42 bits per heavy atom. The third kappa shape index (κ3) is 4.31. The van der Waals surface area contributed by atoms with Crippen molar-refractivity contribution in [2.45, 2.75) is 12.5 Å². The van der Waals surface area contributed by atoms with Crippen molar-refractivity contribution < 1.29 is 0 Å². The van der Waals surface area contributed by atoms with E-state index in [1.165, 1.54) is 5.56 Å². The number of anilines is 1. The number of benzene rings is 4. The van der Waals surface area contributed by atoms with Crippen molar-refractivity contribution in [1.29, 1.82) is 0 Å². The second-order valence-electron chi connectivity index (χ2n) is 7.58. The molecule has 0 bridgehead atoms. The molecular weight excluding hydrogens is 378 g/mol. The van der Waals surface area contributed by atoms with Crippen LogP contribution in [0.2, 0.25) is 0 Å². The largest absolute Gasteiger partial charge is 0.257 e. The molecule has 0 aromatic heterocycles. The van der Waals surface area contributed by atoms with Crippen molar-refractivity contribution in [1.82, 2.24) is 0 Å². The molecule has 31 heavy (non-hydrogen) atoms. The van der Waals surface area contributed by atoms with Crippen LogP contribution in [-0.2, 0) is 0 Å². The van der Waals surface area contributed by atoms with Crippen LogP contribution in [0, 0.1) is 0 Å².